The van der Waals surface area contributed by atoms with E-state index in [-0.39, 0.29) is 37.9 Å². The number of phenols is 1. The number of nitrogens with one attached hydrogen (secondary N) is 6. The summed E-state index contributed by atoms with van der Waals surface area (Å²) >= 11 is 1.40. The lowest BCUT2D eigenvalue weighted by atomic mass is 10.0. The third-order valence-electron chi connectivity index (χ3n) is 8.26. The van der Waals surface area contributed by atoms with E-state index in [0.717, 1.165) is 0 Å². The average molecular weight is 797 g/mol. The Hall–Kier alpha value is -4.95. The summed E-state index contributed by atoms with van der Waals surface area (Å²) < 4.78 is 0. The molecule has 55 heavy (non-hydrogen) atoms. The molecule has 0 bridgehead atoms. The second-order valence-corrected chi connectivity index (χ2v) is 14.2. The van der Waals surface area contributed by atoms with Gasteiger partial charge in [-0.2, -0.15) is 11.8 Å². The highest BCUT2D eigenvalue weighted by atomic mass is 32.2. The van der Waals surface area contributed by atoms with E-state index >= 15 is 0 Å². The van der Waals surface area contributed by atoms with Gasteiger partial charge in [-0.05, 0) is 81.2 Å². The quantitative estimate of drug-likeness (QED) is 0.0467. The zero-order valence-corrected chi connectivity index (χ0v) is 32.4. The number of thioether (sulfide) groups is 1. The van der Waals surface area contributed by atoms with Gasteiger partial charge < -0.3 is 58.7 Å². The fourth-order valence-corrected chi connectivity index (χ4v) is 5.48. The highest BCUT2D eigenvalue weighted by Crippen LogP contribution is 2.12. The van der Waals surface area contributed by atoms with Crippen molar-refractivity contribution in [2.24, 2.45) is 17.4 Å². The first-order chi connectivity index (χ1) is 25.9. The van der Waals surface area contributed by atoms with Crippen LogP contribution in [-0.4, -0.2) is 124 Å². The van der Waals surface area contributed by atoms with Gasteiger partial charge in [0, 0.05) is 12.8 Å². The number of amides is 6. The van der Waals surface area contributed by atoms with Crippen LogP contribution in [0, 0.1) is 5.92 Å². The predicted molar refractivity (Wildman–Crippen MR) is 203 cm³/mol. The summed E-state index contributed by atoms with van der Waals surface area (Å²) in [7, 11) is 0. The molecule has 1 rings (SSSR count). The summed E-state index contributed by atoms with van der Waals surface area (Å²) in [6.07, 6.45) is 2.44. The number of carboxylic acids is 2. The number of carboxylic acid groups (broad SMARTS) is 2. The first-order valence-electron chi connectivity index (χ1n) is 17.9. The molecule has 0 unspecified atom stereocenters. The number of aliphatic carboxylic acids is 2. The average Bonchev–Trinajstić information content (AvgIpc) is 3.12. The lowest BCUT2D eigenvalue weighted by Gasteiger charge is -2.25. The highest BCUT2D eigenvalue weighted by Gasteiger charge is 2.31. The molecule has 0 aliphatic heterocycles. The maximum atomic E-state index is 13.3. The van der Waals surface area contributed by atoms with Gasteiger partial charge in [0.1, 0.15) is 36.0 Å². The number of rotatable bonds is 26. The van der Waals surface area contributed by atoms with Crippen LogP contribution >= 0.6 is 11.8 Å². The highest BCUT2D eigenvalue weighted by molar-refractivity contribution is 7.98. The Labute approximate surface area is 324 Å². The molecule has 0 spiro atoms. The van der Waals surface area contributed by atoms with E-state index in [9.17, 15) is 48.6 Å². The number of unbranched alkanes of at least 4 members (excludes halogenated alkanes) is 1. The number of hydrogen-bond donors (Lipinski definition) is 11. The first-order valence-corrected chi connectivity index (χ1v) is 19.2. The normalized spacial score (nSPS) is 14.2. The van der Waals surface area contributed by atoms with Crippen molar-refractivity contribution < 1.29 is 53.7 Å². The summed E-state index contributed by atoms with van der Waals surface area (Å²) in [6, 6.07) is -1.29. The molecule has 0 heterocycles. The van der Waals surface area contributed by atoms with E-state index in [1.54, 1.807) is 20.1 Å². The minimum Gasteiger partial charge on any atom is -0.508 e. The van der Waals surface area contributed by atoms with Crippen molar-refractivity contribution in [3.05, 3.63) is 29.8 Å². The number of carbonyl (C=O) groups excluding carboxylic acids is 6. The van der Waals surface area contributed by atoms with Crippen molar-refractivity contribution in [1.82, 2.24) is 31.9 Å². The molecule has 6 atom stereocenters. The molecular formula is C35H56N8O11S. The van der Waals surface area contributed by atoms with Crippen molar-refractivity contribution in [1.29, 1.82) is 0 Å². The Bertz CT molecular complexity index is 1460. The Balaban J connectivity index is 2.92. The summed E-state index contributed by atoms with van der Waals surface area (Å²) in [5, 5.41) is 43.1. The zero-order valence-electron chi connectivity index (χ0n) is 31.6. The summed E-state index contributed by atoms with van der Waals surface area (Å²) in [6.45, 7) is 4.40. The Morgan fingerprint density at radius 2 is 1.33 bits per heavy atom. The van der Waals surface area contributed by atoms with Gasteiger partial charge in [0.25, 0.3) is 0 Å². The van der Waals surface area contributed by atoms with Gasteiger partial charge in [0.05, 0.1) is 12.6 Å². The van der Waals surface area contributed by atoms with Crippen LogP contribution in [0.3, 0.4) is 0 Å². The fourth-order valence-electron chi connectivity index (χ4n) is 5.01. The van der Waals surface area contributed by atoms with Crippen molar-refractivity contribution in [2.45, 2.75) is 102 Å². The molecule has 6 amide bonds. The topological polar surface area (TPSA) is 321 Å². The minimum atomic E-state index is -1.34. The lowest BCUT2D eigenvalue weighted by Crippen LogP contribution is -2.58. The van der Waals surface area contributed by atoms with Crippen molar-refractivity contribution in [3.8, 4) is 5.75 Å². The van der Waals surface area contributed by atoms with Gasteiger partial charge in [-0.15, -0.1) is 0 Å². The Morgan fingerprint density at radius 1 is 0.727 bits per heavy atom. The third-order valence-corrected chi connectivity index (χ3v) is 8.91. The lowest BCUT2D eigenvalue weighted by molar-refractivity contribution is -0.142. The molecule has 0 radical (unpaired) electrons. The van der Waals surface area contributed by atoms with E-state index < -0.39 is 96.1 Å². The summed E-state index contributed by atoms with van der Waals surface area (Å²) in [4.78, 5) is 101. The molecule has 0 fully saturated rings. The molecule has 20 heteroatoms. The van der Waals surface area contributed by atoms with E-state index in [1.165, 1.54) is 43.0 Å². The number of benzene rings is 1. The van der Waals surface area contributed by atoms with Gasteiger partial charge in [0.15, 0.2) is 0 Å². The van der Waals surface area contributed by atoms with Crippen LogP contribution in [0.15, 0.2) is 24.3 Å². The van der Waals surface area contributed by atoms with Crippen molar-refractivity contribution in [2.75, 3.05) is 25.1 Å². The van der Waals surface area contributed by atoms with Gasteiger partial charge in [-0.3, -0.25) is 33.6 Å². The second-order valence-electron chi connectivity index (χ2n) is 13.2. The van der Waals surface area contributed by atoms with Crippen LogP contribution in [0.2, 0.25) is 0 Å². The van der Waals surface area contributed by atoms with Crippen LogP contribution in [0.4, 0.5) is 0 Å². The molecule has 13 N–H and O–H groups in total. The molecule has 1 aromatic rings. The van der Waals surface area contributed by atoms with Gasteiger partial charge in [0.2, 0.25) is 35.4 Å². The molecule has 0 aliphatic carbocycles. The zero-order chi connectivity index (χ0) is 41.7. The maximum Gasteiger partial charge on any atom is 0.326 e. The standard InChI is InChI=1S/C35H56N8O11S/c1-19(2)29(43-31(49)23(37)12-13-28(46)47)34(52)38-18-27(45)40-24(7-5-6-15-36)32(50)39-20(3)30(48)41-25(14-16-55-4)33(51)42-26(35(53)54)17-21-8-10-22(44)11-9-21/h8-11,19-20,23-26,29,44H,5-7,12-18,36-37H2,1-4H3,(H,38,52)(H,39,50)(H,40,45)(H,41,48)(H,42,51)(H,43,49)(H,46,47)(H,53,54)/t20-,23-,24-,25-,26-,29-/m0/s1. The molecule has 0 saturated heterocycles. The molecule has 19 nitrogen and oxygen atoms in total. The monoisotopic (exact) mass is 796 g/mol. The molecule has 1 aromatic carbocycles. The second kappa shape index (κ2) is 25.2. The van der Waals surface area contributed by atoms with Crippen molar-refractivity contribution in [3.63, 3.8) is 0 Å². The van der Waals surface area contributed by atoms with Crippen LogP contribution in [0.5, 0.6) is 5.75 Å². The van der Waals surface area contributed by atoms with Gasteiger partial charge in [-0.1, -0.05) is 26.0 Å². The third kappa shape index (κ3) is 18.8. The maximum absolute atomic E-state index is 13.3. The molecule has 308 valence electrons. The van der Waals surface area contributed by atoms with E-state index in [0.29, 0.717) is 30.7 Å². The first kappa shape index (κ1) is 48.1. The smallest absolute Gasteiger partial charge is 0.326 e. The Morgan fingerprint density at radius 3 is 1.89 bits per heavy atom. The number of aromatic hydroxyl groups is 1. The molecule has 0 aromatic heterocycles. The molecule has 0 aliphatic rings. The van der Waals surface area contributed by atoms with Gasteiger partial charge >= 0.3 is 11.9 Å². The number of hydrogen-bond acceptors (Lipinski definition) is 12. The van der Waals surface area contributed by atoms with E-state index in [1.807, 2.05) is 0 Å². The number of nitrogens with two attached hydrogens (primary N) is 2. The van der Waals surface area contributed by atoms with E-state index in [4.69, 9.17) is 16.6 Å². The number of carbonyl (C=O) groups is 8. The summed E-state index contributed by atoms with van der Waals surface area (Å²) in [5.41, 5.74) is 11.9. The van der Waals surface area contributed by atoms with Crippen LogP contribution < -0.4 is 43.4 Å². The largest absolute Gasteiger partial charge is 0.508 e. The van der Waals surface area contributed by atoms with Crippen LogP contribution in [-0.2, 0) is 44.8 Å². The Kier molecular flexibility index (Phi) is 22.0. The summed E-state index contributed by atoms with van der Waals surface area (Å²) in [5.74, 6) is -6.87. The molecule has 0 saturated carbocycles. The predicted octanol–water partition coefficient (Wildman–Crippen LogP) is -1.69. The minimum absolute atomic E-state index is 0.00653. The number of phenolic OH excluding ortho intramolecular Hbond substituents is 1. The van der Waals surface area contributed by atoms with Crippen molar-refractivity contribution >= 4 is 59.1 Å². The SMILES string of the molecule is CSCC[C@H](NC(=O)[C@H](C)NC(=O)[C@H](CCCCN)NC(=O)CNC(=O)[C@@H](NC(=O)[C@@H](N)CCC(=O)O)C(C)C)C(=O)N[C@@H](Cc1ccc(O)cc1)C(=O)O. The fraction of sp³-hybridized carbons (Fsp3) is 0.600. The van der Waals surface area contributed by atoms with Crippen LogP contribution in [0.25, 0.3) is 0 Å². The van der Waals surface area contributed by atoms with Gasteiger partial charge in [-0.25, -0.2) is 4.79 Å². The van der Waals surface area contributed by atoms with E-state index in [2.05, 4.69) is 31.9 Å². The van der Waals surface area contributed by atoms with Crippen LogP contribution in [0.1, 0.15) is 64.9 Å². The molecular weight excluding hydrogens is 740 g/mol.